The molecule has 0 rings (SSSR count). The van der Waals surface area contributed by atoms with Gasteiger partial charge in [-0.15, -0.1) is 0 Å². The minimum absolute atomic E-state index is 0.147. The number of rotatable bonds is 10. The first-order valence-corrected chi connectivity index (χ1v) is 6.19. The second kappa shape index (κ2) is 9.20. The smallest absolute Gasteiger partial charge is 0.0782 e. The van der Waals surface area contributed by atoms with Crippen LogP contribution in [-0.4, -0.2) is 38.3 Å². The van der Waals surface area contributed by atoms with E-state index >= 15 is 0 Å². The van der Waals surface area contributed by atoms with E-state index in [2.05, 4.69) is 38.7 Å². The fourth-order valence-electron chi connectivity index (χ4n) is 1.50. The average molecular weight is 237 g/mol. The van der Waals surface area contributed by atoms with E-state index in [0.29, 0.717) is 0 Å². The van der Waals surface area contributed by atoms with E-state index < -0.39 is 0 Å². The average Bonchev–Trinajstić information content (AvgIpc) is 2.26. The van der Waals surface area contributed by atoms with Crippen molar-refractivity contribution in [3.8, 4) is 0 Å². The van der Waals surface area contributed by atoms with Crippen molar-refractivity contribution in [1.29, 1.82) is 0 Å². The predicted octanol–water partition coefficient (Wildman–Crippen LogP) is 3.42. The zero-order valence-electron chi connectivity index (χ0n) is 11.7. The van der Waals surface area contributed by atoms with Gasteiger partial charge in [-0.25, -0.2) is 0 Å². The highest BCUT2D eigenvalue weighted by atomic mass is 16.5. The third-order valence-corrected chi connectivity index (χ3v) is 2.63. The lowest BCUT2D eigenvalue weighted by molar-refractivity contribution is 0.0672. The van der Waals surface area contributed by atoms with Crippen LogP contribution in [0.25, 0.3) is 0 Å². The number of hydrogen-bond acceptors (Lipinski definition) is 2. The highest BCUT2D eigenvalue weighted by Crippen LogP contribution is 2.15. The first-order valence-electron chi connectivity index (χ1n) is 6.19. The molecule has 0 amide bonds. The van der Waals surface area contributed by atoms with Crippen molar-refractivity contribution in [2.45, 2.75) is 32.3 Å². The molecule has 98 valence electrons. The summed E-state index contributed by atoms with van der Waals surface area (Å²) in [6.07, 6.45) is 4.88. The fourth-order valence-corrected chi connectivity index (χ4v) is 1.50. The molecule has 0 radical (unpaired) electrons. The minimum Gasteiger partial charge on any atom is -0.374 e. The van der Waals surface area contributed by atoms with Gasteiger partial charge in [-0.3, -0.25) is 0 Å². The highest BCUT2D eigenvalue weighted by molar-refractivity contribution is 5.12. The molecule has 17 heavy (non-hydrogen) atoms. The standard InChI is InChI=1S/C15H27NO/c1-7-14(4)9-10-15(13(2)3)17-12-8-11-16(5)6/h7,15H,1-2,4,8-12H2,3,5-6H3. The summed E-state index contributed by atoms with van der Waals surface area (Å²) in [5, 5.41) is 0. The summed E-state index contributed by atoms with van der Waals surface area (Å²) >= 11 is 0. The van der Waals surface area contributed by atoms with Crippen LogP contribution >= 0.6 is 0 Å². The lowest BCUT2D eigenvalue weighted by Gasteiger charge is -2.19. The van der Waals surface area contributed by atoms with Gasteiger partial charge in [0, 0.05) is 6.61 Å². The van der Waals surface area contributed by atoms with E-state index in [4.69, 9.17) is 4.74 Å². The van der Waals surface area contributed by atoms with Gasteiger partial charge in [-0.2, -0.15) is 0 Å². The molecule has 0 aliphatic carbocycles. The van der Waals surface area contributed by atoms with Crippen LogP contribution in [0.5, 0.6) is 0 Å². The quantitative estimate of drug-likeness (QED) is 0.328. The maximum atomic E-state index is 5.85. The Morgan fingerprint density at radius 2 is 2.00 bits per heavy atom. The summed E-state index contributed by atoms with van der Waals surface area (Å²) in [5.74, 6) is 0. The Morgan fingerprint density at radius 1 is 1.35 bits per heavy atom. The van der Waals surface area contributed by atoms with Crippen molar-refractivity contribution in [3.63, 3.8) is 0 Å². The van der Waals surface area contributed by atoms with Gasteiger partial charge in [0.05, 0.1) is 6.10 Å². The first-order chi connectivity index (χ1) is 7.97. The molecule has 0 bridgehead atoms. The second-order valence-corrected chi connectivity index (χ2v) is 4.76. The topological polar surface area (TPSA) is 12.5 Å². The Bertz CT molecular complexity index is 256. The van der Waals surface area contributed by atoms with Crippen molar-refractivity contribution < 1.29 is 4.74 Å². The Labute approximate surface area is 107 Å². The van der Waals surface area contributed by atoms with Gasteiger partial charge in [-0.05, 0) is 46.8 Å². The molecule has 0 fully saturated rings. The first kappa shape index (κ1) is 16.1. The van der Waals surface area contributed by atoms with Gasteiger partial charge >= 0.3 is 0 Å². The summed E-state index contributed by atoms with van der Waals surface area (Å²) in [6.45, 7) is 15.5. The largest absolute Gasteiger partial charge is 0.374 e. The van der Waals surface area contributed by atoms with Gasteiger partial charge in [0.25, 0.3) is 0 Å². The van der Waals surface area contributed by atoms with Gasteiger partial charge in [0.15, 0.2) is 0 Å². The van der Waals surface area contributed by atoms with Crippen LogP contribution in [0.1, 0.15) is 26.2 Å². The van der Waals surface area contributed by atoms with Gasteiger partial charge in [0.1, 0.15) is 0 Å². The second-order valence-electron chi connectivity index (χ2n) is 4.76. The van der Waals surface area contributed by atoms with Crippen LogP contribution in [0.15, 0.2) is 37.0 Å². The summed E-state index contributed by atoms with van der Waals surface area (Å²) in [4.78, 5) is 2.17. The normalized spacial score (nSPS) is 12.5. The van der Waals surface area contributed by atoms with Crippen LogP contribution in [0.2, 0.25) is 0 Å². The van der Waals surface area contributed by atoms with Crippen molar-refractivity contribution in [1.82, 2.24) is 4.90 Å². The molecule has 0 aliphatic heterocycles. The van der Waals surface area contributed by atoms with Gasteiger partial charge in [-0.1, -0.05) is 37.0 Å². The van der Waals surface area contributed by atoms with E-state index in [1.165, 1.54) is 0 Å². The number of hydrogen-bond donors (Lipinski definition) is 0. The Hall–Kier alpha value is -0.860. The lowest BCUT2D eigenvalue weighted by atomic mass is 10.0. The number of nitrogens with zero attached hydrogens (tertiary/aromatic N) is 1. The molecule has 1 atom stereocenters. The number of allylic oxidation sites excluding steroid dienone is 2. The molecule has 1 unspecified atom stereocenters. The zero-order chi connectivity index (χ0) is 13.3. The van der Waals surface area contributed by atoms with E-state index in [0.717, 1.165) is 43.6 Å². The van der Waals surface area contributed by atoms with E-state index in [1.807, 2.05) is 13.0 Å². The van der Waals surface area contributed by atoms with Gasteiger partial charge in [0.2, 0.25) is 0 Å². The SMILES string of the molecule is C=CC(=C)CCC(OCCCN(C)C)C(=C)C. The van der Waals surface area contributed by atoms with Crippen LogP contribution < -0.4 is 0 Å². The molecule has 0 saturated heterocycles. The maximum Gasteiger partial charge on any atom is 0.0782 e. The van der Waals surface area contributed by atoms with Crippen LogP contribution in [0.3, 0.4) is 0 Å². The molecule has 0 heterocycles. The molecule has 2 heteroatoms. The molecule has 2 nitrogen and oxygen atoms in total. The predicted molar refractivity (Wildman–Crippen MR) is 76.3 cm³/mol. The minimum atomic E-state index is 0.147. The van der Waals surface area contributed by atoms with E-state index in [9.17, 15) is 0 Å². The Morgan fingerprint density at radius 3 is 2.47 bits per heavy atom. The third kappa shape index (κ3) is 8.90. The van der Waals surface area contributed by atoms with E-state index in [-0.39, 0.29) is 6.10 Å². The zero-order valence-corrected chi connectivity index (χ0v) is 11.7. The van der Waals surface area contributed by atoms with E-state index in [1.54, 1.807) is 0 Å². The summed E-state index contributed by atoms with van der Waals surface area (Å²) in [6, 6.07) is 0. The summed E-state index contributed by atoms with van der Waals surface area (Å²) in [7, 11) is 4.15. The van der Waals surface area contributed by atoms with Gasteiger partial charge < -0.3 is 9.64 Å². The fraction of sp³-hybridized carbons (Fsp3) is 0.600. The molecule has 0 N–H and O–H groups in total. The highest BCUT2D eigenvalue weighted by Gasteiger charge is 2.09. The monoisotopic (exact) mass is 237 g/mol. The molecule has 0 aromatic carbocycles. The molecule has 0 spiro atoms. The van der Waals surface area contributed by atoms with Crippen molar-refractivity contribution >= 4 is 0 Å². The van der Waals surface area contributed by atoms with Crippen molar-refractivity contribution in [3.05, 3.63) is 37.0 Å². The summed E-state index contributed by atoms with van der Waals surface area (Å²) in [5.41, 5.74) is 2.15. The number of ether oxygens (including phenoxy) is 1. The molecular weight excluding hydrogens is 210 g/mol. The molecular formula is C15H27NO. The third-order valence-electron chi connectivity index (χ3n) is 2.63. The Balaban J connectivity index is 3.87. The Kier molecular flexibility index (Phi) is 8.73. The molecule has 0 saturated carbocycles. The summed E-state index contributed by atoms with van der Waals surface area (Å²) < 4.78 is 5.85. The van der Waals surface area contributed by atoms with Crippen LogP contribution in [0, 0.1) is 0 Å². The maximum absolute atomic E-state index is 5.85. The van der Waals surface area contributed by atoms with Crippen molar-refractivity contribution in [2.75, 3.05) is 27.2 Å². The van der Waals surface area contributed by atoms with Crippen LogP contribution in [0.4, 0.5) is 0 Å². The van der Waals surface area contributed by atoms with Crippen molar-refractivity contribution in [2.24, 2.45) is 0 Å². The lowest BCUT2D eigenvalue weighted by Crippen LogP contribution is -2.19. The molecule has 0 aromatic heterocycles. The van der Waals surface area contributed by atoms with Crippen LogP contribution in [-0.2, 0) is 4.74 Å². The molecule has 0 aromatic rings. The molecule has 0 aliphatic rings.